The van der Waals surface area contributed by atoms with E-state index >= 15 is 0 Å². The molecule has 0 aromatic heterocycles. The lowest BCUT2D eigenvalue weighted by Crippen LogP contribution is -2.83. The van der Waals surface area contributed by atoms with Crippen molar-refractivity contribution in [2.24, 2.45) is 17.3 Å². The fraction of sp³-hybridized carbons (Fsp3) is 1.00. The van der Waals surface area contributed by atoms with Crippen molar-refractivity contribution in [1.29, 1.82) is 0 Å². The Morgan fingerprint density at radius 3 is 1.71 bits per heavy atom. The van der Waals surface area contributed by atoms with Crippen molar-refractivity contribution >= 4 is 17.2 Å². The Hall–Kier alpha value is 0.740. The van der Waals surface area contributed by atoms with Crippen LogP contribution in [0.25, 0.3) is 0 Å². The van der Waals surface area contributed by atoms with Crippen LogP contribution in [0.3, 0.4) is 0 Å². The molecule has 3 nitrogen and oxygen atoms in total. The average molecular weight is 471 g/mol. The maximum absolute atomic E-state index is 6.93. The van der Waals surface area contributed by atoms with E-state index in [1.54, 1.807) is 0 Å². The lowest BCUT2D eigenvalue weighted by atomic mass is 9.48. The maximum atomic E-state index is 6.93. The Morgan fingerprint density at radius 1 is 0.806 bits per heavy atom. The van der Waals surface area contributed by atoms with Gasteiger partial charge in [0.15, 0.2) is 11.6 Å². The van der Waals surface area contributed by atoms with E-state index in [9.17, 15) is 0 Å². The zero-order chi connectivity index (χ0) is 23.3. The second kappa shape index (κ2) is 7.13. The van der Waals surface area contributed by atoms with E-state index in [-0.39, 0.29) is 24.5 Å². The van der Waals surface area contributed by atoms with Gasteiger partial charge < -0.3 is 14.2 Å². The van der Waals surface area contributed by atoms with Crippen LogP contribution < -0.4 is 0 Å². The Balaban J connectivity index is 1.75. The molecule has 5 fully saturated rings. The van der Waals surface area contributed by atoms with Gasteiger partial charge in [-0.25, -0.2) is 0 Å². The van der Waals surface area contributed by atoms with Crippen molar-refractivity contribution < 1.29 is 14.2 Å². The lowest BCUT2D eigenvalue weighted by Gasteiger charge is -2.76. The van der Waals surface area contributed by atoms with Crippen molar-refractivity contribution in [2.75, 3.05) is 12.3 Å². The van der Waals surface area contributed by atoms with Crippen LogP contribution in [-0.2, 0) is 14.2 Å². The number of ether oxygens (including phenoxy) is 3. The number of rotatable bonds is 4. The van der Waals surface area contributed by atoms with Crippen LogP contribution in [0.5, 0.6) is 0 Å². The van der Waals surface area contributed by atoms with Gasteiger partial charge in [-0.3, -0.25) is 0 Å². The fourth-order valence-electron chi connectivity index (χ4n) is 9.01. The normalized spacial score (nSPS) is 49.9. The molecular formula is C26H48O3P2. The topological polar surface area (TPSA) is 27.7 Å². The van der Waals surface area contributed by atoms with Gasteiger partial charge in [-0.1, -0.05) is 55.9 Å². The summed E-state index contributed by atoms with van der Waals surface area (Å²) in [6.07, 6.45) is 8.08. The van der Waals surface area contributed by atoms with Crippen molar-refractivity contribution in [3.8, 4) is 0 Å². The maximum Gasteiger partial charge on any atom is 0.172 e. The van der Waals surface area contributed by atoms with E-state index in [2.05, 4.69) is 78.5 Å². The highest BCUT2D eigenvalue weighted by molar-refractivity contribution is 7.60. The van der Waals surface area contributed by atoms with E-state index in [0.717, 1.165) is 24.9 Å². The van der Waals surface area contributed by atoms with Crippen LogP contribution in [0, 0.1) is 17.3 Å². The molecule has 0 amide bonds. The van der Waals surface area contributed by atoms with Gasteiger partial charge in [-0.15, -0.1) is 9.24 Å². The Labute approximate surface area is 195 Å². The molecule has 5 rings (SSSR count). The monoisotopic (exact) mass is 470 g/mol. The number of hydrogen-bond acceptors (Lipinski definition) is 3. The highest BCUT2D eigenvalue weighted by atomic mass is 31.1. The summed E-state index contributed by atoms with van der Waals surface area (Å²) in [6, 6.07) is 0. The van der Waals surface area contributed by atoms with E-state index in [1.807, 2.05) is 0 Å². The standard InChI is InChI=1S/C26H48O3P2/c1-20(2,3)31(21(4,5)6)14-18-12-11-13-19(18)26(17-30)22(7)15-24(9)28-23(26,8)16-25(10,27-22)29-24/h18-19H,11-17,30H2,1-10H3. The molecule has 7 unspecified atom stereocenters. The summed E-state index contributed by atoms with van der Waals surface area (Å²) in [7, 11) is 3.03. The third kappa shape index (κ3) is 3.62. The zero-order valence-corrected chi connectivity index (χ0v) is 23.9. The minimum absolute atomic E-state index is 0.00536. The van der Waals surface area contributed by atoms with Crippen LogP contribution in [0.1, 0.15) is 101 Å². The number of hydrogen-bond donors (Lipinski definition) is 0. The Kier molecular flexibility index (Phi) is 5.72. The Morgan fingerprint density at radius 2 is 1.29 bits per heavy atom. The van der Waals surface area contributed by atoms with E-state index in [4.69, 9.17) is 14.2 Å². The largest absolute Gasteiger partial charge is 0.343 e. The van der Waals surface area contributed by atoms with Gasteiger partial charge in [0, 0.05) is 18.3 Å². The van der Waals surface area contributed by atoms with Gasteiger partial charge in [0.1, 0.15) is 0 Å². The van der Waals surface area contributed by atoms with Gasteiger partial charge >= 0.3 is 0 Å². The second-order valence-corrected chi connectivity index (χ2v) is 18.1. The van der Waals surface area contributed by atoms with Gasteiger partial charge in [0.25, 0.3) is 0 Å². The summed E-state index contributed by atoms with van der Waals surface area (Å²) in [4.78, 5) is 0. The summed E-state index contributed by atoms with van der Waals surface area (Å²) in [6.45, 7) is 23.9. The molecule has 0 aromatic carbocycles. The molecule has 5 heteroatoms. The van der Waals surface area contributed by atoms with Crippen LogP contribution in [0.15, 0.2) is 0 Å². The molecule has 4 bridgehead atoms. The van der Waals surface area contributed by atoms with Crippen molar-refractivity contribution in [2.45, 2.75) is 134 Å². The average Bonchev–Trinajstić information content (AvgIpc) is 2.95. The predicted octanol–water partition coefficient (Wildman–Crippen LogP) is 7.16. The third-order valence-corrected chi connectivity index (χ3v) is 13.9. The van der Waals surface area contributed by atoms with E-state index in [1.165, 1.54) is 25.4 Å². The molecule has 4 aliphatic heterocycles. The summed E-state index contributed by atoms with van der Waals surface area (Å²) in [5.74, 6) is 0.331. The van der Waals surface area contributed by atoms with E-state index < -0.39 is 11.6 Å². The first kappa shape index (κ1) is 24.9. The fourth-order valence-corrected chi connectivity index (χ4v) is 14.2. The smallest absolute Gasteiger partial charge is 0.172 e. The summed E-state index contributed by atoms with van der Waals surface area (Å²) in [5.41, 5.74) is -0.437. The van der Waals surface area contributed by atoms with E-state index in [0.29, 0.717) is 16.2 Å². The van der Waals surface area contributed by atoms with Crippen molar-refractivity contribution in [1.82, 2.24) is 0 Å². The van der Waals surface area contributed by atoms with Gasteiger partial charge in [0.05, 0.1) is 11.2 Å². The zero-order valence-electron chi connectivity index (χ0n) is 21.9. The minimum Gasteiger partial charge on any atom is -0.343 e. The quantitative estimate of drug-likeness (QED) is 0.408. The van der Waals surface area contributed by atoms with Gasteiger partial charge in [0.2, 0.25) is 0 Å². The third-order valence-electron chi connectivity index (χ3n) is 9.17. The first-order valence-corrected chi connectivity index (χ1v) is 14.9. The molecule has 1 aliphatic carbocycles. The summed E-state index contributed by atoms with van der Waals surface area (Å²) < 4.78 is 20.2. The Bertz CT molecular complexity index is 663. The molecule has 31 heavy (non-hydrogen) atoms. The highest BCUT2D eigenvalue weighted by Crippen LogP contribution is 2.73. The molecule has 4 heterocycles. The molecule has 7 atom stereocenters. The molecule has 180 valence electrons. The summed E-state index contributed by atoms with van der Waals surface area (Å²) in [5, 5.41) is 0.739. The minimum atomic E-state index is -0.532. The van der Waals surface area contributed by atoms with Crippen LogP contribution in [0.2, 0.25) is 0 Å². The van der Waals surface area contributed by atoms with Crippen molar-refractivity contribution in [3.05, 3.63) is 0 Å². The van der Waals surface area contributed by atoms with Gasteiger partial charge in [-0.2, -0.15) is 0 Å². The first-order chi connectivity index (χ1) is 13.9. The summed E-state index contributed by atoms with van der Waals surface area (Å²) >= 11 is 0. The predicted molar refractivity (Wildman–Crippen MR) is 135 cm³/mol. The molecule has 4 saturated heterocycles. The van der Waals surface area contributed by atoms with Crippen LogP contribution in [0.4, 0.5) is 0 Å². The van der Waals surface area contributed by atoms with Crippen LogP contribution in [-0.4, -0.2) is 45.4 Å². The molecule has 1 saturated carbocycles. The SMILES string of the molecule is CC12CC3(C)OC(C)(CC(C)(O1)C3(CP)C1CCCC1CP(C(C)(C)C)C(C)(C)C)O2. The van der Waals surface area contributed by atoms with Crippen LogP contribution >= 0.6 is 17.2 Å². The molecule has 0 aromatic rings. The molecular weight excluding hydrogens is 422 g/mol. The molecule has 0 N–H and O–H groups in total. The molecule has 5 aliphatic rings. The first-order valence-electron chi connectivity index (χ1n) is 12.5. The molecule has 0 radical (unpaired) electrons. The van der Waals surface area contributed by atoms with Crippen molar-refractivity contribution in [3.63, 3.8) is 0 Å². The molecule has 0 spiro atoms. The van der Waals surface area contributed by atoms with Gasteiger partial charge in [-0.05, 0) is 75.0 Å². The lowest BCUT2D eigenvalue weighted by molar-refractivity contribution is -0.548. The highest BCUT2D eigenvalue weighted by Gasteiger charge is 2.79. The second-order valence-electron chi connectivity index (χ2n) is 13.8.